The van der Waals surface area contributed by atoms with Crippen LogP contribution in [0.4, 0.5) is 0 Å². The molecule has 0 saturated carbocycles. The minimum atomic E-state index is 0. The second kappa shape index (κ2) is 15.7. The predicted molar refractivity (Wildman–Crippen MR) is 132 cm³/mol. The number of ether oxygens (including phenoxy) is 1. The van der Waals surface area contributed by atoms with Gasteiger partial charge in [0.2, 0.25) is 0 Å². The molecule has 7 heteroatoms. The van der Waals surface area contributed by atoms with Gasteiger partial charge in [-0.15, -0.1) is 24.0 Å². The summed E-state index contributed by atoms with van der Waals surface area (Å²) in [4.78, 5) is 9.94. The molecule has 1 aliphatic heterocycles. The number of nitrogens with zero attached hydrogens (tertiary/aromatic N) is 3. The van der Waals surface area contributed by atoms with Gasteiger partial charge in [0.1, 0.15) is 0 Å². The SMILES string of the molecule is CCNC(=NCC(C(C)C)N1CCN(C)CC1)NCCC(OCC)C(C)C.I. The van der Waals surface area contributed by atoms with Crippen LogP contribution in [0.5, 0.6) is 0 Å². The fraction of sp³-hybridized carbons (Fsp3) is 0.952. The molecule has 2 unspecified atom stereocenters. The van der Waals surface area contributed by atoms with Crippen LogP contribution in [0.25, 0.3) is 0 Å². The molecule has 0 aromatic rings. The number of hydrogen-bond donors (Lipinski definition) is 2. The summed E-state index contributed by atoms with van der Waals surface area (Å²) < 4.78 is 5.85. The molecule has 0 spiro atoms. The fourth-order valence-electron chi connectivity index (χ4n) is 3.58. The molecule has 28 heavy (non-hydrogen) atoms. The van der Waals surface area contributed by atoms with E-state index in [1.165, 1.54) is 0 Å². The van der Waals surface area contributed by atoms with Gasteiger partial charge in [-0.3, -0.25) is 9.89 Å². The van der Waals surface area contributed by atoms with Gasteiger partial charge in [-0.25, -0.2) is 0 Å². The van der Waals surface area contributed by atoms with Gasteiger partial charge in [-0.2, -0.15) is 0 Å². The molecule has 1 rings (SSSR count). The largest absolute Gasteiger partial charge is 0.378 e. The number of piperazine rings is 1. The average Bonchev–Trinajstić information content (AvgIpc) is 2.62. The zero-order valence-electron chi connectivity index (χ0n) is 19.3. The van der Waals surface area contributed by atoms with E-state index in [1.54, 1.807) is 0 Å². The lowest BCUT2D eigenvalue weighted by molar-refractivity contribution is 0.0258. The minimum absolute atomic E-state index is 0. The zero-order valence-corrected chi connectivity index (χ0v) is 21.7. The highest BCUT2D eigenvalue weighted by Gasteiger charge is 2.24. The molecule has 0 aromatic heterocycles. The maximum absolute atomic E-state index is 5.85. The van der Waals surface area contributed by atoms with Crippen molar-refractivity contribution in [1.29, 1.82) is 0 Å². The monoisotopic (exact) mass is 511 g/mol. The number of guanidine groups is 1. The third-order valence-corrected chi connectivity index (χ3v) is 5.40. The van der Waals surface area contributed by atoms with Crippen molar-refractivity contribution in [3.8, 4) is 0 Å². The van der Waals surface area contributed by atoms with Gasteiger partial charge in [0, 0.05) is 51.9 Å². The number of likely N-dealkylation sites (N-methyl/N-ethyl adjacent to an activating group) is 1. The summed E-state index contributed by atoms with van der Waals surface area (Å²) in [6.45, 7) is 21.2. The van der Waals surface area contributed by atoms with E-state index < -0.39 is 0 Å². The molecule has 2 N–H and O–H groups in total. The molecule has 0 radical (unpaired) electrons. The molecule has 2 atom stereocenters. The molecule has 0 amide bonds. The van der Waals surface area contributed by atoms with Crippen LogP contribution in [-0.2, 0) is 4.74 Å². The Morgan fingerprint density at radius 1 is 1.00 bits per heavy atom. The molecule has 1 heterocycles. The Balaban J connectivity index is 0.00000729. The average molecular weight is 512 g/mol. The lowest BCUT2D eigenvalue weighted by Gasteiger charge is -2.39. The van der Waals surface area contributed by atoms with Gasteiger partial charge in [0.05, 0.1) is 12.6 Å². The summed E-state index contributed by atoms with van der Waals surface area (Å²) in [6.07, 6.45) is 1.31. The molecule has 0 aromatic carbocycles. The van der Waals surface area contributed by atoms with Crippen LogP contribution in [0.2, 0.25) is 0 Å². The van der Waals surface area contributed by atoms with E-state index >= 15 is 0 Å². The summed E-state index contributed by atoms with van der Waals surface area (Å²) in [5.74, 6) is 2.06. The molecule has 6 nitrogen and oxygen atoms in total. The third kappa shape index (κ3) is 10.6. The Kier molecular flexibility index (Phi) is 15.6. The van der Waals surface area contributed by atoms with Gasteiger partial charge >= 0.3 is 0 Å². The number of rotatable bonds is 11. The predicted octanol–water partition coefficient (Wildman–Crippen LogP) is 2.88. The Morgan fingerprint density at radius 3 is 2.14 bits per heavy atom. The van der Waals surface area contributed by atoms with E-state index in [0.717, 1.165) is 64.8 Å². The van der Waals surface area contributed by atoms with Crippen molar-refractivity contribution in [3.05, 3.63) is 0 Å². The molecule has 1 aliphatic rings. The van der Waals surface area contributed by atoms with Gasteiger partial charge in [-0.05, 0) is 39.2 Å². The van der Waals surface area contributed by atoms with Crippen LogP contribution in [0.1, 0.15) is 48.0 Å². The van der Waals surface area contributed by atoms with Crippen LogP contribution in [0.3, 0.4) is 0 Å². The standard InChI is InChI=1S/C21H45N5O.HI/c1-8-22-21(23-11-10-20(18(5)6)27-9-2)24-16-19(17(3)4)26-14-12-25(7)13-15-26;/h17-20H,8-16H2,1-7H3,(H2,22,23,24);1H. The van der Waals surface area contributed by atoms with E-state index in [2.05, 4.69) is 69.0 Å². The van der Waals surface area contributed by atoms with Crippen molar-refractivity contribution in [2.75, 3.05) is 59.5 Å². The van der Waals surface area contributed by atoms with Crippen molar-refractivity contribution in [3.63, 3.8) is 0 Å². The van der Waals surface area contributed by atoms with Crippen LogP contribution in [0.15, 0.2) is 4.99 Å². The number of aliphatic imine (C=N–C) groups is 1. The van der Waals surface area contributed by atoms with Crippen LogP contribution in [-0.4, -0.2) is 87.4 Å². The highest BCUT2D eigenvalue weighted by molar-refractivity contribution is 14.0. The van der Waals surface area contributed by atoms with Crippen LogP contribution >= 0.6 is 24.0 Å². The number of halogens is 1. The second-order valence-electron chi connectivity index (χ2n) is 8.32. The molecule has 0 aliphatic carbocycles. The van der Waals surface area contributed by atoms with E-state index in [1.807, 2.05) is 0 Å². The Bertz CT molecular complexity index is 412. The smallest absolute Gasteiger partial charge is 0.191 e. The van der Waals surface area contributed by atoms with Crippen LogP contribution < -0.4 is 10.6 Å². The van der Waals surface area contributed by atoms with Gasteiger partial charge in [0.15, 0.2) is 5.96 Å². The Labute approximate surface area is 191 Å². The Morgan fingerprint density at radius 2 is 1.64 bits per heavy atom. The van der Waals surface area contributed by atoms with E-state index in [4.69, 9.17) is 9.73 Å². The van der Waals surface area contributed by atoms with Crippen molar-refractivity contribution >= 4 is 29.9 Å². The highest BCUT2D eigenvalue weighted by Crippen LogP contribution is 2.14. The van der Waals surface area contributed by atoms with Gasteiger partial charge < -0.3 is 20.3 Å². The molecular formula is C21H46IN5O. The van der Waals surface area contributed by atoms with Gasteiger partial charge in [-0.1, -0.05) is 27.7 Å². The van der Waals surface area contributed by atoms with Crippen molar-refractivity contribution in [1.82, 2.24) is 20.4 Å². The summed E-state index contributed by atoms with van der Waals surface area (Å²) in [5, 5.41) is 6.89. The third-order valence-electron chi connectivity index (χ3n) is 5.40. The maximum atomic E-state index is 5.85. The summed E-state index contributed by atoms with van der Waals surface area (Å²) in [6, 6.07) is 0.501. The molecule has 1 saturated heterocycles. The first-order valence-electron chi connectivity index (χ1n) is 10.9. The lowest BCUT2D eigenvalue weighted by atomic mass is 10.0. The van der Waals surface area contributed by atoms with Crippen molar-refractivity contribution in [2.45, 2.75) is 60.1 Å². The van der Waals surface area contributed by atoms with E-state index in [0.29, 0.717) is 24.0 Å². The summed E-state index contributed by atoms with van der Waals surface area (Å²) in [7, 11) is 2.21. The number of hydrogen-bond acceptors (Lipinski definition) is 4. The van der Waals surface area contributed by atoms with Crippen molar-refractivity contribution < 1.29 is 4.74 Å². The fourth-order valence-corrected chi connectivity index (χ4v) is 3.58. The van der Waals surface area contributed by atoms with E-state index in [-0.39, 0.29) is 24.0 Å². The first kappa shape index (κ1) is 27.9. The first-order valence-corrected chi connectivity index (χ1v) is 10.9. The topological polar surface area (TPSA) is 52.1 Å². The molecular weight excluding hydrogens is 465 g/mol. The second-order valence-corrected chi connectivity index (χ2v) is 8.32. The normalized spacial score (nSPS) is 18.8. The quantitative estimate of drug-likeness (QED) is 0.254. The summed E-state index contributed by atoms with van der Waals surface area (Å²) >= 11 is 0. The highest BCUT2D eigenvalue weighted by atomic mass is 127. The summed E-state index contributed by atoms with van der Waals surface area (Å²) in [5.41, 5.74) is 0. The zero-order chi connectivity index (χ0) is 20.2. The lowest BCUT2D eigenvalue weighted by Crippen LogP contribution is -2.52. The van der Waals surface area contributed by atoms with Gasteiger partial charge in [0.25, 0.3) is 0 Å². The van der Waals surface area contributed by atoms with Crippen molar-refractivity contribution in [2.24, 2.45) is 16.8 Å². The first-order chi connectivity index (χ1) is 12.9. The molecule has 0 bridgehead atoms. The maximum Gasteiger partial charge on any atom is 0.191 e. The molecule has 1 fully saturated rings. The number of nitrogens with one attached hydrogen (secondary N) is 2. The molecule has 168 valence electrons. The van der Waals surface area contributed by atoms with Crippen LogP contribution in [0, 0.1) is 11.8 Å². The minimum Gasteiger partial charge on any atom is -0.378 e. The Hall–Kier alpha value is -0.120. The van der Waals surface area contributed by atoms with E-state index in [9.17, 15) is 0 Å².